The molecule has 0 aliphatic rings. The van der Waals surface area contributed by atoms with E-state index in [2.05, 4.69) is 13.8 Å². The minimum Gasteiger partial charge on any atom is -0.395 e. The Morgan fingerprint density at radius 3 is 2.77 bits per heavy atom. The predicted octanol–water partition coefficient (Wildman–Crippen LogP) is 1.14. The van der Waals surface area contributed by atoms with Gasteiger partial charge in [-0.05, 0) is 17.5 Å². The van der Waals surface area contributed by atoms with Crippen LogP contribution in [0.25, 0.3) is 0 Å². The second-order valence-electron chi connectivity index (χ2n) is 3.68. The zero-order chi connectivity index (χ0) is 9.84. The summed E-state index contributed by atoms with van der Waals surface area (Å²) in [5.41, 5.74) is 7.11. The highest BCUT2D eigenvalue weighted by Gasteiger charge is 2.10. The van der Waals surface area contributed by atoms with E-state index in [0.717, 1.165) is 5.56 Å². The molecule has 0 aliphatic heterocycles. The third-order valence-corrected chi connectivity index (χ3v) is 2.23. The second kappa shape index (κ2) is 4.44. The van der Waals surface area contributed by atoms with Crippen LogP contribution in [0.15, 0.2) is 18.5 Å². The molecule has 0 bridgehead atoms. The Morgan fingerprint density at radius 2 is 2.23 bits per heavy atom. The Kier molecular flexibility index (Phi) is 3.51. The van der Waals surface area contributed by atoms with E-state index < -0.39 is 0 Å². The van der Waals surface area contributed by atoms with Crippen LogP contribution in [0.2, 0.25) is 0 Å². The molecule has 0 amide bonds. The fourth-order valence-corrected chi connectivity index (χ4v) is 1.30. The number of nitrogens with two attached hydrogens (primary N) is 1. The lowest BCUT2D eigenvalue weighted by Gasteiger charge is -2.13. The zero-order valence-corrected chi connectivity index (χ0v) is 8.27. The van der Waals surface area contributed by atoms with Crippen LogP contribution in [0.1, 0.15) is 25.5 Å². The first-order chi connectivity index (χ1) is 6.15. The lowest BCUT2D eigenvalue weighted by molar-refractivity contribution is 0.276. The summed E-state index contributed by atoms with van der Waals surface area (Å²) in [5.74, 6) is 0.449. The van der Waals surface area contributed by atoms with Crippen LogP contribution in [-0.4, -0.2) is 16.3 Å². The summed E-state index contributed by atoms with van der Waals surface area (Å²) < 4.78 is 1.96. The van der Waals surface area contributed by atoms with Crippen molar-refractivity contribution in [2.45, 2.75) is 26.4 Å². The molecule has 0 aliphatic carbocycles. The van der Waals surface area contributed by atoms with E-state index >= 15 is 0 Å². The molecule has 1 rings (SSSR count). The molecule has 3 heteroatoms. The Hall–Kier alpha value is -0.800. The monoisotopic (exact) mass is 182 g/mol. The predicted molar refractivity (Wildman–Crippen MR) is 53.3 cm³/mol. The molecule has 3 nitrogen and oxygen atoms in total. The minimum atomic E-state index is 0.0972. The van der Waals surface area contributed by atoms with Crippen molar-refractivity contribution in [3.8, 4) is 0 Å². The first-order valence-electron chi connectivity index (χ1n) is 4.67. The molecular weight excluding hydrogens is 164 g/mol. The number of hydrogen-bond donors (Lipinski definition) is 2. The second-order valence-corrected chi connectivity index (χ2v) is 3.68. The van der Waals surface area contributed by atoms with Gasteiger partial charge in [-0.1, -0.05) is 13.8 Å². The van der Waals surface area contributed by atoms with Crippen molar-refractivity contribution in [2.75, 3.05) is 6.61 Å². The van der Waals surface area contributed by atoms with Crippen LogP contribution >= 0.6 is 0 Å². The molecule has 0 saturated heterocycles. The topological polar surface area (TPSA) is 51.2 Å². The van der Waals surface area contributed by atoms with Gasteiger partial charge in [0, 0.05) is 25.0 Å². The van der Waals surface area contributed by atoms with Crippen molar-refractivity contribution >= 4 is 0 Å². The fraction of sp³-hybridized carbons (Fsp3) is 0.600. The van der Waals surface area contributed by atoms with Gasteiger partial charge in [0.15, 0.2) is 0 Å². The zero-order valence-electron chi connectivity index (χ0n) is 8.27. The molecule has 0 saturated carbocycles. The van der Waals surface area contributed by atoms with Crippen molar-refractivity contribution in [3.63, 3.8) is 0 Å². The first-order valence-corrected chi connectivity index (χ1v) is 4.67. The van der Waals surface area contributed by atoms with Crippen LogP contribution in [0.4, 0.5) is 0 Å². The van der Waals surface area contributed by atoms with E-state index in [0.29, 0.717) is 12.5 Å². The Morgan fingerprint density at radius 1 is 1.54 bits per heavy atom. The van der Waals surface area contributed by atoms with E-state index in [4.69, 9.17) is 10.8 Å². The number of aliphatic hydroxyl groups is 1. The molecule has 0 fully saturated rings. The standard InChI is InChI=1S/C10H18N2O/c1-8(2)10(11)9-3-4-12(7-9)5-6-13/h3-4,7-8,10,13H,5-6,11H2,1-2H3. The van der Waals surface area contributed by atoms with Gasteiger partial charge in [0.25, 0.3) is 0 Å². The first kappa shape index (κ1) is 10.3. The SMILES string of the molecule is CC(C)C(N)c1ccn(CCO)c1. The lowest BCUT2D eigenvalue weighted by atomic mass is 10.00. The number of aromatic nitrogens is 1. The van der Waals surface area contributed by atoms with Crippen molar-refractivity contribution in [1.29, 1.82) is 0 Å². The average Bonchev–Trinajstić information content (AvgIpc) is 2.52. The van der Waals surface area contributed by atoms with Crippen molar-refractivity contribution < 1.29 is 5.11 Å². The van der Waals surface area contributed by atoms with Gasteiger partial charge in [0.05, 0.1) is 6.61 Å². The number of rotatable bonds is 4. The molecule has 1 atom stereocenters. The van der Waals surface area contributed by atoms with E-state index in [9.17, 15) is 0 Å². The maximum Gasteiger partial charge on any atom is 0.0610 e. The third kappa shape index (κ3) is 2.57. The highest BCUT2D eigenvalue weighted by atomic mass is 16.3. The summed E-state index contributed by atoms with van der Waals surface area (Å²) in [7, 11) is 0. The molecule has 13 heavy (non-hydrogen) atoms. The molecular formula is C10H18N2O. The van der Waals surface area contributed by atoms with Gasteiger partial charge in [-0.15, -0.1) is 0 Å². The van der Waals surface area contributed by atoms with Crippen molar-refractivity contribution in [3.05, 3.63) is 24.0 Å². The smallest absolute Gasteiger partial charge is 0.0610 e. The summed E-state index contributed by atoms with van der Waals surface area (Å²) in [5, 5.41) is 8.72. The maximum absolute atomic E-state index is 8.72. The summed E-state index contributed by atoms with van der Waals surface area (Å²) in [4.78, 5) is 0. The molecule has 1 aromatic rings. The van der Waals surface area contributed by atoms with Gasteiger partial charge in [-0.25, -0.2) is 0 Å². The summed E-state index contributed by atoms with van der Waals surface area (Å²) in [6.07, 6.45) is 3.95. The lowest BCUT2D eigenvalue weighted by Crippen LogP contribution is -2.16. The molecule has 1 unspecified atom stereocenters. The normalized spacial score (nSPS) is 13.6. The highest BCUT2D eigenvalue weighted by molar-refractivity contribution is 5.15. The molecule has 0 spiro atoms. The van der Waals surface area contributed by atoms with E-state index in [1.54, 1.807) is 0 Å². The minimum absolute atomic E-state index is 0.0972. The van der Waals surface area contributed by atoms with Gasteiger partial charge in [0.2, 0.25) is 0 Å². The summed E-state index contributed by atoms with van der Waals surface area (Å²) >= 11 is 0. The van der Waals surface area contributed by atoms with Gasteiger partial charge in [0.1, 0.15) is 0 Å². The molecule has 74 valence electrons. The number of aliphatic hydroxyl groups excluding tert-OH is 1. The fourth-order valence-electron chi connectivity index (χ4n) is 1.30. The van der Waals surface area contributed by atoms with Crippen LogP contribution in [0.5, 0.6) is 0 Å². The Bertz CT molecular complexity index is 255. The summed E-state index contributed by atoms with van der Waals surface area (Å²) in [6.45, 7) is 5.03. The Balaban J connectivity index is 2.67. The molecule has 1 heterocycles. The molecule has 3 N–H and O–H groups in total. The Labute approximate surface area is 79.2 Å². The van der Waals surface area contributed by atoms with Gasteiger partial charge in [-0.3, -0.25) is 0 Å². The van der Waals surface area contributed by atoms with E-state index in [-0.39, 0.29) is 12.6 Å². The largest absolute Gasteiger partial charge is 0.395 e. The number of nitrogens with zero attached hydrogens (tertiary/aromatic N) is 1. The van der Waals surface area contributed by atoms with Crippen LogP contribution < -0.4 is 5.73 Å². The molecule has 1 aromatic heterocycles. The van der Waals surface area contributed by atoms with Gasteiger partial charge in [-0.2, -0.15) is 0 Å². The molecule has 0 radical (unpaired) electrons. The van der Waals surface area contributed by atoms with Gasteiger partial charge < -0.3 is 15.4 Å². The van der Waals surface area contributed by atoms with Gasteiger partial charge >= 0.3 is 0 Å². The van der Waals surface area contributed by atoms with Crippen molar-refractivity contribution in [2.24, 2.45) is 11.7 Å². The summed E-state index contributed by atoms with van der Waals surface area (Å²) in [6, 6.07) is 2.11. The van der Waals surface area contributed by atoms with Crippen LogP contribution in [0, 0.1) is 5.92 Å². The van der Waals surface area contributed by atoms with Crippen LogP contribution in [0.3, 0.4) is 0 Å². The maximum atomic E-state index is 8.72. The molecule has 0 aromatic carbocycles. The average molecular weight is 182 g/mol. The van der Waals surface area contributed by atoms with E-state index in [1.165, 1.54) is 0 Å². The number of hydrogen-bond acceptors (Lipinski definition) is 2. The van der Waals surface area contributed by atoms with Crippen LogP contribution in [-0.2, 0) is 6.54 Å². The van der Waals surface area contributed by atoms with E-state index in [1.807, 2.05) is 23.0 Å². The quantitative estimate of drug-likeness (QED) is 0.733. The van der Waals surface area contributed by atoms with Crippen molar-refractivity contribution in [1.82, 2.24) is 4.57 Å². The third-order valence-electron chi connectivity index (χ3n) is 2.23. The highest BCUT2D eigenvalue weighted by Crippen LogP contribution is 2.18.